The highest BCUT2D eigenvalue weighted by molar-refractivity contribution is 6.30. The number of nitrogens with zero attached hydrogens (tertiary/aromatic N) is 3. The maximum atomic E-state index is 12.7. The third kappa shape index (κ3) is 5.88. The van der Waals surface area contributed by atoms with Crippen molar-refractivity contribution in [3.8, 4) is 5.75 Å². The number of rotatable bonds is 7. The number of aryl methyl sites for hydroxylation is 2. The van der Waals surface area contributed by atoms with Gasteiger partial charge in [0.25, 0.3) is 5.91 Å². The summed E-state index contributed by atoms with van der Waals surface area (Å²) in [5.74, 6) is 0.846. The van der Waals surface area contributed by atoms with Crippen molar-refractivity contribution in [3.05, 3.63) is 76.1 Å². The van der Waals surface area contributed by atoms with Gasteiger partial charge >= 0.3 is 0 Å². The smallest absolute Gasteiger partial charge is 0.257 e. The fourth-order valence-electron chi connectivity index (χ4n) is 3.39. The topological polar surface area (TPSA) is 80.5 Å². The molecular formula is C24H28ClN5O2. The SMILES string of the molecule is CCn1nc(C)c(CCN=C(NC(=O)c2ccc(Cl)cc2)Nc2ccc(OC)cc2)c1C. The Morgan fingerprint density at radius 3 is 2.41 bits per heavy atom. The van der Waals surface area contributed by atoms with E-state index in [4.69, 9.17) is 16.3 Å². The van der Waals surface area contributed by atoms with Gasteiger partial charge in [0.2, 0.25) is 5.96 Å². The zero-order valence-corrected chi connectivity index (χ0v) is 19.5. The average molecular weight is 454 g/mol. The van der Waals surface area contributed by atoms with E-state index < -0.39 is 0 Å². The van der Waals surface area contributed by atoms with Gasteiger partial charge in [-0.15, -0.1) is 0 Å². The normalized spacial score (nSPS) is 11.3. The number of guanidine groups is 1. The highest BCUT2D eigenvalue weighted by Crippen LogP contribution is 2.16. The van der Waals surface area contributed by atoms with Gasteiger partial charge in [-0.05, 0) is 81.3 Å². The lowest BCUT2D eigenvalue weighted by atomic mass is 10.1. The summed E-state index contributed by atoms with van der Waals surface area (Å²) in [6, 6.07) is 14.1. The molecule has 0 unspecified atom stereocenters. The van der Waals surface area contributed by atoms with E-state index in [0.717, 1.165) is 35.8 Å². The zero-order valence-electron chi connectivity index (χ0n) is 18.8. The highest BCUT2D eigenvalue weighted by atomic mass is 35.5. The molecule has 1 heterocycles. The molecule has 0 aliphatic carbocycles. The van der Waals surface area contributed by atoms with Gasteiger partial charge in [0.05, 0.1) is 12.8 Å². The summed E-state index contributed by atoms with van der Waals surface area (Å²) in [4.78, 5) is 17.4. The lowest BCUT2D eigenvalue weighted by Crippen LogP contribution is -2.36. The number of anilines is 1. The molecule has 1 amide bonds. The minimum Gasteiger partial charge on any atom is -0.497 e. The zero-order chi connectivity index (χ0) is 23.1. The Kier molecular flexibility index (Phi) is 7.89. The van der Waals surface area contributed by atoms with Gasteiger partial charge in [-0.1, -0.05) is 11.6 Å². The summed E-state index contributed by atoms with van der Waals surface area (Å²) >= 11 is 5.93. The Hall–Kier alpha value is -3.32. The number of carbonyl (C=O) groups excluding carboxylic acids is 1. The number of amides is 1. The average Bonchev–Trinajstić information content (AvgIpc) is 3.07. The van der Waals surface area contributed by atoms with Crippen molar-refractivity contribution >= 4 is 29.2 Å². The summed E-state index contributed by atoms with van der Waals surface area (Å²) in [7, 11) is 1.62. The van der Waals surface area contributed by atoms with Gasteiger partial charge in [0.15, 0.2) is 0 Å². The van der Waals surface area contributed by atoms with E-state index >= 15 is 0 Å². The van der Waals surface area contributed by atoms with Gasteiger partial charge < -0.3 is 10.1 Å². The van der Waals surface area contributed by atoms with Crippen LogP contribution in [0.1, 0.15) is 34.2 Å². The highest BCUT2D eigenvalue weighted by Gasteiger charge is 2.12. The second-order valence-corrected chi connectivity index (χ2v) is 7.70. The third-order valence-corrected chi connectivity index (χ3v) is 5.41. The summed E-state index contributed by atoms with van der Waals surface area (Å²) in [6.45, 7) is 7.48. The van der Waals surface area contributed by atoms with Gasteiger partial charge in [0.1, 0.15) is 5.75 Å². The van der Waals surface area contributed by atoms with Crippen LogP contribution in [0.4, 0.5) is 5.69 Å². The number of aliphatic imine (C=N–C) groups is 1. The summed E-state index contributed by atoms with van der Waals surface area (Å²) in [5.41, 5.74) is 4.62. The van der Waals surface area contributed by atoms with Crippen molar-refractivity contribution in [1.29, 1.82) is 0 Å². The van der Waals surface area contributed by atoms with Crippen LogP contribution in [0.15, 0.2) is 53.5 Å². The molecule has 0 atom stereocenters. The molecule has 168 valence electrons. The Bertz CT molecular complexity index is 1090. The van der Waals surface area contributed by atoms with E-state index in [1.165, 1.54) is 5.56 Å². The van der Waals surface area contributed by atoms with Crippen LogP contribution in [0, 0.1) is 13.8 Å². The lowest BCUT2D eigenvalue weighted by Gasteiger charge is -2.12. The van der Waals surface area contributed by atoms with Gasteiger partial charge in [-0.2, -0.15) is 5.10 Å². The molecule has 0 saturated carbocycles. The van der Waals surface area contributed by atoms with Crippen LogP contribution in [0.2, 0.25) is 5.02 Å². The van der Waals surface area contributed by atoms with Crippen LogP contribution in [0.5, 0.6) is 5.75 Å². The van der Waals surface area contributed by atoms with Crippen molar-refractivity contribution in [2.24, 2.45) is 4.99 Å². The van der Waals surface area contributed by atoms with E-state index in [0.29, 0.717) is 23.1 Å². The van der Waals surface area contributed by atoms with E-state index in [2.05, 4.69) is 34.6 Å². The molecule has 7 nitrogen and oxygen atoms in total. The van der Waals surface area contributed by atoms with Crippen molar-refractivity contribution < 1.29 is 9.53 Å². The molecule has 0 saturated heterocycles. The molecule has 0 bridgehead atoms. The number of hydrogen-bond acceptors (Lipinski definition) is 4. The maximum Gasteiger partial charge on any atom is 0.257 e. The van der Waals surface area contributed by atoms with E-state index in [1.807, 2.05) is 35.9 Å². The van der Waals surface area contributed by atoms with Crippen LogP contribution in [0.3, 0.4) is 0 Å². The van der Waals surface area contributed by atoms with Crippen LogP contribution in [-0.2, 0) is 13.0 Å². The third-order valence-electron chi connectivity index (χ3n) is 5.15. The molecule has 0 aliphatic rings. The number of hydrogen-bond donors (Lipinski definition) is 2. The number of aromatic nitrogens is 2. The van der Waals surface area contributed by atoms with Gasteiger partial charge in [0, 0.05) is 35.1 Å². The minimum atomic E-state index is -0.271. The first-order valence-corrected chi connectivity index (χ1v) is 10.8. The number of nitrogens with one attached hydrogen (secondary N) is 2. The number of benzene rings is 2. The van der Waals surface area contributed by atoms with E-state index in [-0.39, 0.29) is 5.91 Å². The molecule has 0 aliphatic heterocycles. The molecule has 2 aromatic carbocycles. The first-order chi connectivity index (χ1) is 15.4. The second kappa shape index (κ2) is 10.8. The van der Waals surface area contributed by atoms with Gasteiger partial charge in [-0.3, -0.25) is 19.8 Å². The predicted octanol–water partition coefficient (Wildman–Crippen LogP) is 4.62. The Morgan fingerprint density at radius 1 is 1.12 bits per heavy atom. The molecule has 0 fully saturated rings. The fraction of sp³-hybridized carbons (Fsp3) is 0.292. The van der Waals surface area contributed by atoms with Crippen molar-refractivity contribution in [2.45, 2.75) is 33.7 Å². The summed E-state index contributed by atoms with van der Waals surface area (Å²) in [5, 5.41) is 11.2. The molecule has 0 spiro atoms. The molecule has 32 heavy (non-hydrogen) atoms. The number of halogens is 1. The lowest BCUT2D eigenvalue weighted by molar-refractivity contribution is 0.0977. The van der Waals surface area contributed by atoms with Crippen molar-refractivity contribution in [3.63, 3.8) is 0 Å². The van der Waals surface area contributed by atoms with E-state index in [9.17, 15) is 4.79 Å². The van der Waals surface area contributed by atoms with Crippen molar-refractivity contribution in [2.75, 3.05) is 19.0 Å². The van der Waals surface area contributed by atoms with Crippen LogP contribution >= 0.6 is 11.6 Å². The Balaban J connectivity index is 1.77. The number of methoxy groups -OCH3 is 1. The quantitative estimate of drug-likeness (QED) is 0.404. The maximum absolute atomic E-state index is 12.7. The second-order valence-electron chi connectivity index (χ2n) is 7.26. The Labute approximate surface area is 193 Å². The summed E-state index contributed by atoms with van der Waals surface area (Å²) in [6.07, 6.45) is 0.724. The predicted molar refractivity (Wildman–Crippen MR) is 129 cm³/mol. The standard InChI is InChI=1S/C24H28ClN5O2/c1-5-30-17(3)22(16(2)29-30)14-15-26-24(27-20-10-12-21(32-4)13-11-20)28-23(31)18-6-8-19(25)9-7-18/h6-13H,5,14-15H2,1-4H3,(H2,26,27,28,31). The number of ether oxygens (including phenoxy) is 1. The van der Waals surface area contributed by atoms with Crippen molar-refractivity contribution in [1.82, 2.24) is 15.1 Å². The molecular weight excluding hydrogens is 426 g/mol. The van der Waals surface area contributed by atoms with E-state index in [1.54, 1.807) is 31.4 Å². The minimum absolute atomic E-state index is 0.271. The number of carbonyl (C=O) groups is 1. The first-order valence-electron chi connectivity index (χ1n) is 10.5. The molecule has 2 N–H and O–H groups in total. The summed E-state index contributed by atoms with van der Waals surface area (Å²) < 4.78 is 7.20. The van der Waals surface area contributed by atoms with Gasteiger partial charge in [-0.25, -0.2) is 0 Å². The molecule has 1 aromatic heterocycles. The molecule has 8 heteroatoms. The van der Waals surface area contributed by atoms with Crippen LogP contribution < -0.4 is 15.4 Å². The molecule has 0 radical (unpaired) electrons. The Morgan fingerprint density at radius 2 is 1.81 bits per heavy atom. The largest absolute Gasteiger partial charge is 0.497 e. The fourth-order valence-corrected chi connectivity index (χ4v) is 3.51. The van der Waals surface area contributed by atoms with Crippen LogP contribution in [-0.4, -0.2) is 35.3 Å². The monoisotopic (exact) mass is 453 g/mol. The van der Waals surface area contributed by atoms with Crippen LogP contribution in [0.25, 0.3) is 0 Å². The first kappa shape index (κ1) is 23.3. The molecule has 3 aromatic rings. The molecule has 3 rings (SSSR count).